The van der Waals surface area contributed by atoms with Gasteiger partial charge in [-0.3, -0.25) is 4.79 Å². The van der Waals surface area contributed by atoms with E-state index < -0.39 is 0 Å². The molecule has 3 nitrogen and oxygen atoms in total. The standard InChI is InChI=1S/C11H13BrN2OS/c1-2-6-16-7-5-13-11(15)9-3-4-10(12)14-8-9/h2-4,8H,1,5-7H2,(H,13,15). The summed E-state index contributed by atoms with van der Waals surface area (Å²) in [6.07, 6.45) is 3.40. The van der Waals surface area contributed by atoms with Crippen LogP contribution in [0, 0.1) is 0 Å². The van der Waals surface area contributed by atoms with Crippen molar-refractivity contribution in [1.29, 1.82) is 0 Å². The van der Waals surface area contributed by atoms with Crippen LogP contribution < -0.4 is 5.32 Å². The van der Waals surface area contributed by atoms with E-state index in [1.165, 1.54) is 0 Å². The van der Waals surface area contributed by atoms with Gasteiger partial charge in [-0.2, -0.15) is 11.8 Å². The molecule has 0 aliphatic heterocycles. The molecule has 5 heteroatoms. The van der Waals surface area contributed by atoms with Crippen molar-refractivity contribution in [2.45, 2.75) is 0 Å². The molecule has 0 fully saturated rings. The second-order valence-electron chi connectivity index (χ2n) is 2.99. The minimum absolute atomic E-state index is 0.0841. The Morgan fingerprint density at radius 1 is 1.62 bits per heavy atom. The lowest BCUT2D eigenvalue weighted by atomic mass is 10.3. The van der Waals surface area contributed by atoms with Crippen LogP contribution in [0.25, 0.3) is 0 Å². The van der Waals surface area contributed by atoms with Crippen LogP contribution in [-0.2, 0) is 0 Å². The number of carbonyl (C=O) groups is 1. The normalized spacial score (nSPS) is 9.81. The van der Waals surface area contributed by atoms with Gasteiger partial charge in [-0.05, 0) is 28.1 Å². The molecule has 0 radical (unpaired) electrons. The molecule has 0 aliphatic rings. The first-order valence-corrected chi connectivity index (χ1v) is 6.77. The second kappa shape index (κ2) is 7.46. The summed E-state index contributed by atoms with van der Waals surface area (Å²) in [5.74, 6) is 1.72. The van der Waals surface area contributed by atoms with Crippen LogP contribution in [0.4, 0.5) is 0 Å². The predicted molar refractivity (Wildman–Crippen MR) is 71.8 cm³/mol. The minimum atomic E-state index is -0.0841. The van der Waals surface area contributed by atoms with E-state index in [1.807, 2.05) is 6.08 Å². The number of amides is 1. The van der Waals surface area contributed by atoms with Crippen molar-refractivity contribution in [2.24, 2.45) is 0 Å². The van der Waals surface area contributed by atoms with Gasteiger partial charge in [-0.25, -0.2) is 4.98 Å². The van der Waals surface area contributed by atoms with Crippen LogP contribution in [0.15, 0.2) is 35.6 Å². The third-order valence-corrected chi connectivity index (χ3v) is 3.19. The maximum atomic E-state index is 11.6. The van der Waals surface area contributed by atoms with Gasteiger partial charge in [-0.1, -0.05) is 6.08 Å². The first kappa shape index (κ1) is 13.3. The lowest BCUT2D eigenvalue weighted by Crippen LogP contribution is -2.25. The molecular weight excluding hydrogens is 288 g/mol. The smallest absolute Gasteiger partial charge is 0.252 e. The molecule has 1 N–H and O–H groups in total. The SMILES string of the molecule is C=CCSCCNC(=O)c1ccc(Br)nc1. The van der Waals surface area contributed by atoms with E-state index in [1.54, 1.807) is 30.1 Å². The van der Waals surface area contributed by atoms with Gasteiger partial charge in [0.15, 0.2) is 0 Å². The number of rotatable bonds is 6. The molecule has 0 aromatic carbocycles. The Hall–Kier alpha value is -0.810. The lowest BCUT2D eigenvalue weighted by molar-refractivity contribution is 0.0956. The highest BCUT2D eigenvalue weighted by molar-refractivity contribution is 9.10. The molecule has 0 spiro atoms. The zero-order valence-corrected chi connectivity index (χ0v) is 11.2. The quantitative estimate of drug-likeness (QED) is 0.499. The number of nitrogens with zero attached hydrogens (tertiary/aromatic N) is 1. The zero-order valence-electron chi connectivity index (χ0n) is 8.78. The summed E-state index contributed by atoms with van der Waals surface area (Å²) < 4.78 is 0.727. The van der Waals surface area contributed by atoms with E-state index in [4.69, 9.17) is 0 Å². The van der Waals surface area contributed by atoms with E-state index in [0.29, 0.717) is 12.1 Å². The molecule has 1 aromatic heterocycles. The van der Waals surface area contributed by atoms with Gasteiger partial charge in [0, 0.05) is 24.2 Å². The summed E-state index contributed by atoms with van der Waals surface area (Å²) in [5.41, 5.74) is 0.580. The highest BCUT2D eigenvalue weighted by Crippen LogP contribution is 2.06. The first-order chi connectivity index (χ1) is 7.74. The van der Waals surface area contributed by atoms with Gasteiger partial charge in [0.2, 0.25) is 0 Å². The van der Waals surface area contributed by atoms with Gasteiger partial charge in [-0.15, -0.1) is 6.58 Å². The largest absolute Gasteiger partial charge is 0.351 e. The number of pyridine rings is 1. The number of hydrogen-bond acceptors (Lipinski definition) is 3. The zero-order chi connectivity index (χ0) is 11.8. The number of thioether (sulfide) groups is 1. The van der Waals surface area contributed by atoms with Crippen LogP contribution in [0.3, 0.4) is 0 Å². The molecule has 86 valence electrons. The summed E-state index contributed by atoms with van der Waals surface area (Å²) in [7, 11) is 0. The highest BCUT2D eigenvalue weighted by atomic mass is 79.9. The summed E-state index contributed by atoms with van der Waals surface area (Å²) >= 11 is 4.96. The third kappa shape index (κ3) is 4.81. The van der Waals surface area contributed by atoms with Crippen molar-refractivity contribution < 1.29 is 4.79 Å². The Bertz CT molecular complexity index is 354. The summed E-state index contributed by atoms with van der Waals surface area (Å²) in [6, 6.07) is 3.49. The Labute approximate surface area is 108 Å². The van der Waals surface area contributed by atoms with Gasteiger partial charge >= 0.3 is 0 Å². The average Bonchev–Trinajstić information content (AvgIpc) is 2.29. The van der Waals surface area contributed by atoms with Crippen molar-refractivity contribution in [3.05, 3.63) is 41.2 Å². The van der Waals surface area contributed by atoms with E-state index >= 15 is 0 Å². The number of carbonyl (C=O) groups excluding carboxylic acids is 1. The second-order valence-corrected chi connectivity index (χ2v) is 4.95. The Kier molecular flexibility index (Phi) is 6.18. The number of hydrogen-bond donors (Lipinski definition) is 1. The molecule has 0 saturated carbocycles. The van der Waals surface area contributed by atoms with Crippen LogP contribution >= 0.6 is 27.7 Å². The number of nitrogens with one attached hydrogen (secondary N) is 1. The summed E-state index contributed by atoms with van der Waals surface area (Å²) in [6.45, 7) is 4.29. The van der Waals surface area contributed by atoms with Gasteiger partial charge in [0.05, 0.1) is 5.56 Å². The third-order valence-electron chi connectivity index (χ3n) is 1.76. The summed E-state index contributed by atoms with van der Waals surface area (Å²) in [5, 5.41) is 2.83. The first-order valence-electron chi connectivity index (χ1n) is 4.82. The molecule has 1 aromatic rings. The van der Waals surface area contributed by atoms with Gasteiger partial charge in [0.25, 0.3) is 5.91 Å². The number of halogens is 1. The van der Waals surface area contributed by atoms with E-state index in [-0.39, 0.29) is 5.91 Å². The highest BCUT2D eigenvalue weighted by Gasteiger charge is 2.04. The molecule has 0 bridgehead atoms. The Balaban J connectivity index is 2.29. The maximum absolute atomic E-state index is 11.6. The van der Waals surface area contributed by atoms with E-state index in [0.717, 1.165) is 16.1 Å². The molecular formula is C11H13BrN2OS. The van der Waals surface area contributed by atoms with Crippen LogP contribution in [0.2, 0.25) is 0 Å². The van der Waals surface area contributed by atoms with Crippen LogP contribution in [-0.4, -0.2) is 28.9 Å². The molecule has 1 heterocycles. The van der Waals surface area contributed by atoms with Crippen molar-refractivity contribution in [2.75, 3.05) is 18.1 Å². The van der Waals surface area contributed by atoms with Crippen molar-refractivity contribution >= 4 is 33.6 Å². The fourth-order valence-corrected chi connectivity index (χ4v) is 1.83. The molecule has 0 atom stereocenters. The van der Waals surface area contributed by atoms with Gasteiger partial charge in [0.1, 0.15) is 4.60 Å². The average molecular weight is 301 g/mol. The van der Waals surface area contributed by atoms with Gasteiger partial charge < -0.3 is 5.32 Å². The lowest BCUT2D eigenvalue weighted by Gasteiger charge is -2.04. The monoisotopic (exact) mass is 300 g/mol. The van der Waals surface area contributed by atoms with Crippen LogP contribution in [0.5, 0.6) is 0 Å². The molecule has 0 saturated heterocycles. The Morgan fingerprint density at radius 2 is 2.44 bits per heavy atom. The van der Waals surface area contributed by atoms with E-state index in [9.17, 15) is 4.79 Å². The Morgan fingerprint density at radius 3 is 3.06 bits per heavy atom. The fraction of sp³-hybridized carbons (Fsp3) is 0.273. The molecule has 1 amide bonds. The van der Waals surface area contributed by atoms with Crippen molar-refractivity contribution in [3.8, 4) is 0 Å². The van der Waals surface area contributed by atoms with Crippen molar-refractivity contribution in [3.63, 3.8) is 0 Å². The summed E-state index contributed by atoms with van der Waals surface area (Å²) in [4.78, 5) is 15.6. The molecule has 0 aliphatic carbocycles. The van der Waals surface area contributed by atoms with E-state index in [2.05, 4.69) is 32.8 Å². The number of aromatic nitrogens is 1. The maximum Gasteiger partial charge on any atom is 0.252 e. The molecule has 1 rings (SSSR count). The topological polar surface area (TPSA) is 42.0 Å². The van der Waals surface area contributed by atoms with Crippen LogP contribution in [0.1, 0.15) is 10.4 Å². The fourth-order valence-electron chi connectivity index (χ4n) is 1.02. The predicted octanol–water partition coefficient (Wildman–Crippen LogP) is 2.49. The molecule has 16 heavy (non-hydrogen) atoms. The molecule has 0 unspecified atom stereocenters. The minimum Gasteiger partial charge on any atom is -0.351 e. The van der Waals surface area contributed by atoms with Crippen molar-refractivity contribution in [1.82, 2.24) is 10.3 Å².